The van der Waals surface area contributed by atoms with Crippen LogP contribution in [0.1, 0.15) is 297 Å². The van der Waals surface area contributed by atoms with E-state index in [2.05, 4.69) is 26.1 Å². The van der Waals surface area contributed by atoms with E-state index in [9.17, 15) is 19.8 Å². The number of carbonyl (C=O) groups excluding carboxylic acids is 2. The van der Waals surface area contributed by atoms with E-state index in [-0.39, 0.29) is 24.9 Å². The van der Waals surface area contributed by atoms with Crippen LogP contribution in [0.25, 0.3) is 0 Å². The molecular formula is C52H103NO5. The zero-order chi connectivity index (χ0) is 42.4. The molecule has 346 valence electrons. The molecule has 6 heteroatoms. The molecule has 0 bridgehead atoms. The standard InChI is InChI=1S/C52H103NO5/c1-4-7-10-13-16-19-21-23-24-25-26-27-28-30-33-36-39-42-45-52(57)58-48(43-40-37-34-31-18-15-12-9-6-3)46-51(56)53-49(47-54)50(55)44-41-38-35-32-29-22-20-17-14-11-8-5-2/h48-50,54-55H,4-47H2,1-3H3,(H,53,56). The molecule has 0 aromatic rings. The van der Waals surface area contributed by atoms with Crippen LogP contribution in [0.5, 0.6) is 0 Å². The van der Waals surface area contributed by atoms with E-state index >= 15 is 0 Å². The maximum atomic E-state index is 13.2. The van der Waals surface area contributed by atoms with Gasteiger partial charge >= 0.3 is 5.97 Å². The van der Waals surface area contributed by atoms with E-state index in [1.165, 1.54) is 212 Å². The Kier molecular flexibility index (Phi) is 46.0. The number of unbranched alkanes of at least 4 members (excludes halogenated alkanes) is 36. The van der Waals surface area contributed by atoms with Gasteiger partial charge in [-0.1, -0.05) is 258 Å². The monoisotopic (exact) mass is 822 g/mol. The SMILES string of the molecule is CCCCCCCCCCCCCCCCCCCCC(=O)OC(CCCCCCCCCCC)CC(=O)NC(CO)C(O)CCCCCCCCCCCCCC. The second-order valence-corrected chi connectivity index (χ2v) is 18.3. The van der Waals surface area contributed by atoms with Gasteiger partial charge in [-0.15, -0.1) is 0 Å². The van der Waals surface area contributed by atoms with Crippen molar-refractivity contribution in [2.45, 2.75) is 315 Å². The number of aliphatic hydroxyl groups is 2. The third-order valence-corrected chi connectivity index (χ3v) is 12.4. The molecule has 0 fully saturated rings. The van der Waals surface area contributed by atoms with Crippen LogP contribution < -0.4 is 5.32 Å². The first-order valence-corrected chi connectivity index (χ1v) is 26.3. The molecule has 0 saturated carbocycles. The molecule has 0 saturated heterocycles. The molecule has 3 unspecified atom stereocenters. The first-order chi connectivity index (χ1) is 28.5. The van der Waals surface area contributed by atoms with Crippen molar-refractivity contribution >= 4 is 11.9 Å². The number of amides is 1. The maximum absolute atomic E-state index is 13.2. The van der Waals surface area contributed by atoms with Crippen LogP contribution in [0.15, 0.2) is 0 Å². The molecule has 3 atom stereocenters. The fourth-order valence-electron chi connectivity index (χ4n) is 8.43. The summed E-state index contributed by atoms with van der Waals surface area (Å²) in [4.78, 5) is 26.1. The Bertz CT molecular complexity index is 837. The van der Waals surface area contributed by atoms with Crippen LogP contribution in [0.4, 0.5) is 0 Å². The van der Waals surface area contributed by atoms with Crippen molar-refractivity contribution in [1.29, 1.82) is 0 Å². The zero-order valence-corrected chi connectivity index (χ0v) is 39.5. The van der Waals surface area contributed by atoms with Crippen molar-refractivity contribution in [3.8, 4) is 0 Å². The van der Waals surface area contributed by atoms with Crippen molar-refractivity contribution in [3.05, 3.63) is 0 Å². The first-order valence-electron chi connectivity index (χ1n) is 26.3. The molecular weight excluding hydrogens is 719 g/mol. The highest BCUT2D eigenvalue weighted by atomic mass is 16.5. The summed E-state index contributed by atoms with van der Waals surface area (Å²) >= 11 is 0. The molecule has 0 aliphatic carbocycles. The van der Waals surface area contributed by atoms with E-state index in [0.717, 1.165) is 38.5 Å². The summed E-state index contributed by atoms with van der Waals surface area (Å²) in [5.41, 5.74) is 0. The minimum absolute atomic E-state index is 0.0870. The zero-order valence-electron chi connectivity index (χ0n) is 39.5. The van der Waals surface area contributed by atoms with Crippen LogP contribution in [0, 0.1) is 0 Å². The average molecular weight is 822 g/mol. The van der Waals surface area contributed by atoms with E-state index in [1.54, 1.807) is 0 Å². The lowest BCUT2D eigenvalue weighted by Crippen LogP contribution is -2.46. The van der Waals surface area contributed by atoms with Gasteiger partial charge in [-0.2, -0.15) is 0 Å². The minimum atomic E-state index is -0.778. The van der Waals surface area contributed by atoms with Crippen LogP contribution in [-0.2, 0) is 14.3 Å². The summed E-state index contributed by atoms with van der Waals surface area (Å²) in [5, 5.41) is 23.7. The van der Waals surface area contributed by atoms with Gasteiger partial charge in [-0.25, -0.2) is 0 Å². The van der Waals surface area contributed by atoms with Crippen LogP contribution in [0.2, 0.25) is 0 Å². The van der Waals surface area contributed by atoms with E-state index in [4.69, 9.17) is 4.74 Å². The summed E-state index contributed by atoms with van der Waals surface area (Å²) in [6, 6.07) is -0.691. The average Bonchev–Trinajstić information content (AvgIpc) is 3.22. The molecule has 0 aliphatic heterocycles. The molecule has 0 rings (SSSR count). The van der Waals surface area contributed by atoms with Crippen molar-refractivity contribution in [3.63, 3.8) is 0 Å². The number of hydrogen-bond donors (Lipinski definition) is 3. The van der Waals surface area contributed by atoms with Gasteiger partial charge in [0.25, 0.3) is 0 Å². The summed E-state index contributed by atoms with van der Waals surface area (Å²) < 4.78 is 5.93. The third-order valence-electron chi connectivity index (χ3n) is 12.4. The number of carbonyl (C=O) groups is 2. The van der Waals surface area contributed by atoms with E-state index in [1.807, 2.05) is 0 Å². The van der Waals surface area contributed by atoms with Gasteiger partial charge in [-0.3, -0.25) is 9.59 Å². The number of ether oxygens (including phenoxy) is 1. The van der Waals surface area contributed by atoms with Gasteiger partial charge in [0, 0.05) is 6.42 Å². The van der Waals surface area contributed by atoms with Gasteiger partial charge in [0.2, 0.25) is 5.91 Å². The first kappa shape index (κ1) is 56.9. The fraction of sp³-hybridized carbons (Fsp3) is 0.962. The van der Waals surface area contributed by atoms with Gasteiger partial charge in [-0.05, 0) is 25.7 Å². The third kappa shape index (κ3) is 41.6. The quantitative estimate of drug-likeness (QED) is 0.0420. The van der Waals surface area contributed by atoms with Crippen molar-refractivity contribution in [2.24, 2.45) is 0 Å². The minimum Gasteiger partial charge on any atom is -0.462 e. The van der Waals surface area contributed by atoms with Crippen LogP contribution >= 0.6 is 0 Å². The number of aliphatic hydroxyl groups excluding tert-OH is 2. The Balaban J connectivity index is 4.37. The second kappa shape index (κ2) is 46.9. The summed E-state index contributed by atoms with van der Waals surface area (Å²) in [6.07, 6.45) is 50.3. The van der Waals surface area contributed by atoms with Crippen LogP contribution in [-0.4, -0.2) is 46.9 Å². The van der Waals surface area contributed by atoms with Crippen molar-refractivity contribution < 1.29 is 24.5 Å². The Morgan fingerprint density at radius 1 is 0.431 bits per heavy atom. The Morgan fingerprint density at radius 2 is 0.724 bits per heavy atom. The highest BCUT2D eigenvalue weighted by molar-refractivity contribution is 5.77. The number of nitrogens with one attached hydrogen (secondary N) is 1. The smallest absolute Gasteiger partial charge is 0.306 e. The lowest BCUT2D eigenvalue weighted by Gasteiger charge is -2.24. The molecule has 6 nitrogen and oxygen atoms in total. The number of hydrogen-bond acceptors (Lipinski definition) is 5. The van der Waals surface area contributed by atoms with Gasteiger partial charge in [0.15, 0.2) is 0 Å². The summed E-state index contributed by atoms with van der Waals surface area (Å²) in [6.45, 7) is 6.50. The fourth-order valence-corrected chi connectivity index (χ4v) is 8.43. The molecule has 0 radical (unpaired) electrons. The predicted molar refractivity (Wildman–Crippen MR) is 250 cm³/mol. The Hall–Kier alpha value is -1.14. The molecule has 0 heterocycles. The molecule has 0 spiro atoms. The lowest BCUT2D eigenvalue weighted by atomic mass is 10.0. The second-order valence-electron chi connectivity index (χ2n) is 18.3. The molecule has 0 aliphatic rings. The topological polar surface area (TPSA) is 95.9 Å². The van der Waals surface area contributed by atoms with Gasteiger partial charge < -0.3 is 20.3 Å². The highest BCUT2D eigenvalue weighted by Gasteiger charge is 2.24. The van der Waals surface area contributed by atoms with E-state index < -0.39 is 18.2 Å². The highest BCUT2D eigenvalue weighted by Crippen LogP contribution is 2.19. The largest absolute Gasteiger partial charge is 0.462 e. The van der Waals surface area contributed by atoms with E-state index in [0.29, 0.717) is 19.3 Å². The molecule has 3 N–H and O–H groups in total. The Morgan fingerprint density at radius 3 is 1.05 bits per heavy atom. The molecule has 1 amide bonds. The predicted octanol–water partition coefficient (Wildman–Crippen LogP) is 15.6. The number of esters is 1. The van der Waals surface area contributed by atoms with Crippen LogP contribution in [0.3, 0.4) is 0 Å². The molecule has 58 heavy (non-hydrogen) atoms. The molecule has 0 aromatic carbocycles. The number of rotatable bonds is 48. The maximum Gasteiger partial charge on any atom is 0.306 e. The Labute approximate surface area is 362 Å². The van der Waals surface area contributed by atoms with Gasteiger partial charge in [0.05, 0.1) is 25.2 Å². The van der Waals surface area contributed by atoms with Gasteiger partial charge in [0.1, 0.15) is 6.10 Å². The molecule has 0 aromatic heterocycles. The van der Waals surface area contributed by atoms with Crippen molar-refractivity contribution in [2.75, 3.05) is 6.61 Å². The van der Waals surface area contributed by atoms with Crippen molar-refractivity contribution in [1.82, 2.24) is 5.32 Å². The summed E-state index contributed by atoms with van der Waals surface area (Å²) in [5.74, 6) is -0.453. The normalized spacial score (nSPS) is 13.1. The lowest BCUT2D eigenvalue weighted by molar-refractivity contribution is -0.151. The summed E-state index contributed by atoms with van der Waals surface area (Å²) in [7, 11) is 0.